The van der Waals surface area contributed by atoms with E-state index in [-0.39, 0.29) is 6.42 Å². The van der Waals surface area contributed by atoms with Crippen molar-refractivity contribution in [3.8, 4) is 0 Å². The first kappa shape index (κ1) is 15.4. The van der Waals surface area contributed by atoms with Crippen LogP contribution in [0, 0.1) is 11.8 Å². The van der Waals surface area contributed by atoms with Gasteiger partial charge in [0.05, 0.1) is 25.4 Å². The number of carbonyl (C=O) groups is 4. The minimum Gasteiger partial charge on any atom is -0.469 e. The van der Waals surface area contributed by atoms with Gasteiger partial charge in [-0.25, -0.2) is 0 Å². The summed E-state index contributed by atoms with van der Waals surface area (Å²) in [5, 5.41) is 0. The smallest absolute Gasteiger partial charge is 0.321 e. The maximum absolute atomic E-state index is 11.9. The number of carbonyl (C=O) groups excluding carboxylic acids is 4. The van der Waals surface area contributed by atoms with Gasteiger partial charge in [-0.05, 0) is 29.5 Å². The molecule has 0 saturated carbocycles. The molecule has 1 heterocycles. The van der Waals surface area contributed by atoms with E-state index >= 15 is 0 Å². The monoisotopic (exact) mass is 316 g/mol. The number of benzene rings is 1. The molecule has 0 aromatic heterocycles. The summed E-state index contributed by atoms with van der Waals surface area (Å²) in [4.78, 5) is 46.5. The zero-order chi connectivity index (χ0) is 16.6. The van der Waals surface area contributed by atoms with E-state index in [9.17, 15) is 19.2 Å². The Morgan fingerprint density at radius 1 is 1.26 bits per heavy atom. The van der Waals surface area contributed by atoms with Crippen LogP contribution >= 0.6 is 0 Å². The molecule has 0 radical (unpaired) electrons. The molecular formula is C17H16O6. The van der Waals surface area contributed by atoms with Crippen molar-refractivity contribution in [3.05, 3.63) is 34.9 Å². The van der Waals surface area contributed by atoms with E-state index in [1.807, 2.05) is 6.07 Å². The van der Waals surface area contributed by atoms with Crippen LogP contribution in [0.3, 0.4) is 0 Å². The summed E-state index contributed by atoms with van der Waals surface area (Å²) < 4.78 is 9.41. The van der Waals surface area contributed by atoms with Gasteiger partial charge in [-0.1, -0.05) is 18.2 Å². The van der Waals surface area contributed by atoms with Crippen molar-refractivity contribution in [1.29, 1.82) is 0 Å². The van der Waals surface area contributed by atoms with Crippen molar-refractivity contribution in [1.82, 2.24) is 0 Å². The largest absolute Gasteiger partial charge is 0.469 e. The standard InChI is InChI=1S/C17H16O6/c1-22-16(20)13-5-9-3-2-4-11(12(9)6-10(13)8-18)14-7-15(19)23-17(14)21/h2-4,8,10,13-14H,5-7H2,1H3. The third-order valence-corrected chi connectivity index (χ3v) is 4.63. The predicted molar refractivity (Wildman–Crippen MR) is 77.4 cm³/mol. The third-order valence-electron chi connectivity index (χ3n) is 4.63. The van der Waals surface area contributed by atoms with Gasteiger partial charge in [-0.3, -0.25) is 14.4 Å². The van der Waals surface area contributed by atoms with E-state index in [4.69, 9.17) is 4.74 Å². The van der Waals surface area contributed by atoms with Crippen LogP contribution < -0.4 is 0 Å². The molecule has 3 atom stereocenters. The molecule has 6 heteroatoms. The van der Waals surface area contributed by atoms with Gasteiger partial charge < -0.3 is 14.3 Å². The van der Waals surface area contributed by atoms with Crippen molar-refractivity contribution in [2.45, 2.75) is 25.2 Å². The summed E-state index contributed by atoms with van der Waals surface area (Å²) in [7, 11) is 1.30. The van der Waals surface area contributed by atoms with Gasteiger partial charge >= 0.3 is 17.9 Å². The van der Waals surface area contributed by atoms with Gasteiger partial charge in [0, 0.05) is 5.92 Å². The molecule has 1 aliphatic carbocycles. The molecule has 1 aliphatic heterocycles. The lowest BCUT2D eigenvalue weighted by Gasteiger charge is -2.30. The zero-order valence-corrected chi connectivity index (χ0v) is 12.6. The van der Waals surface area contributed by atoms with E-state index in [0.717, 1.165) is 17.4 Å². The fourth-order valence-electron chi connectivity index (χ4n) is 3.45. The highest BCUT2D eigenvalue weighted by atomic mass is 16.6. The maximum Gasteiger partial charge on any atom is 0.321 e. The molecule has 1 aromatic rings. The van der Waals surface area contributed by atoms with Crippen molar-refractivity contribution < 1.29 is 28.7 Å². The van der Waals surface area contributed by atoms with Crippen LogP contribution in [-0.2, 0) is 41.5 Å². The lowest BCUT2D eigenvalue weighted by atomic mass is 9.73. The topological polar surface area (TPSA) is 86.7 Å². The average Bonchev–Trinajstić information content (AvgIpc) is 2.90. The van der Waals surface area contributed by atoms with Crippen LogP contribution in [0.4, 0.5) is 0 Å². The van der Waals surface area contributed by atoms with Gasteiger partial charge in [0.15, 0.2) is 0 Å². The molecule has 0 amide bonds. The van der Waals surface area contributed by atoms with E-state index in [2.05, 4.69) is 4.74 Å². The van der Waals surface area contributed by atoms with Crippen LogP contribution in [0.1, 0.15) is 29.0 Å². The van der Waals surface area contributed by atoms with Crippen molar-refractivity contribution >= 4 is 24.2 Å². The molecule has 2 aliphatic rings. The maximum atomic E-state index is 11.9. The first-order chi connectivity index (χ1) is 11.0. The Labute approximate surface area is 132 Å². The lowest BCUT2D eigenvalue weighted by Crippen LogP contribution is -2.34. The lowest BCUT2D eigenvalue weighted by molar-refractivity contribution is -0.152. The second-order valence-corrected chi connectivity index (χ2v) is 5.87. The van der Waals surface area contributed by atoms with Crippen LogP contribution in [0.15, 0.2) is 18.2 Å². The van der Waals surface area contributed by atoms with Gasteiger partial charge in [0.1, 0.15) is 6.29 Å². The highest BCUT2D eigenvalue weighted by Gasteiger charge is 2.40. The van der Waals surface area contributed by atoms with E-state index in [1.165, 1.54) is 7.11 Å². The summed E-state index contributed by atoms with van der Waals surface area (Å²) >= 11 is 0. The van der Waals surface area contributed by atoms with Crippen molar-refractivity contribution in [3.63, 3.8) is 0 Å². The van der Waals surface area contributed by atoms with E-state index in [1.54, 1.807) is 12.1 Å². The molecule has 0 spiro atoms. The Kier molecular flexibility index (Phi) is 3.98. The molecule has 1 aromatic carbocycles. The van der Waals surface area contributed by atoms with Crippen LogP contribution in [0.2, 0.25) is 0 Å². The van der Waals surface area contributed by atoms with Crippen molar-refractivity contribution in [2.24, 2.45) is 11.8 Å². The molecule has 0 N–H and O–H groups in total. The Bertz CT molecular complexity index is 692. The number of ether oxygens (including phenoxy) is 2. The van der Waals surface area contributed by atoms with Crippen LogP contribution in [-0.4, -0.2) is 31.3 Å². The number of hydrogen-bond acceptors (Lipinski definition) is 6. The van der Waals surface area contributed by atoms with Crippen LogP contribution in [0.5, 0.6) is 0 Å². The van der Waals surface area contributed by atoms with Gasteiger partial charge in [0.2, 0.25) is 0 Å². The summed E-state index contributed by atoms with van der Waals surface area (Å²) in [5.74, 6) is -3.14. The Morgan fingerprint density at radius 2 is 2.04 bits per heavy atom. The molecule has 0 bridgehead atoms. The molecular weight excluding hydrogens is 300 g/mol. The van der Waals surface area contributed by atoms with Gasteiger partial charge in [-0.15, -0.1) is 0 Å². The normalized spacial score (nSPS) is 26.4. The number of hydrogen-bond donors (Lipinski definition) is 0. The predicted octanol–water partition coefficient (Wildman–Crippen LogP) is 0.947. The fourth-order valence-corrected chi connectivity index (χ4v) is 3.45. The summed E-state index contributed by atoms with van der Waals surface area (Å²) in [6.07, 6.45) is 1.52. The molecule has 6 nitrogen and oxygen atoms in total. The molecule has 3 rings (SSSR count). The minimum absolute atomic E-state index is 0.0154. The first-order valence-corrected chi connectivity index (χ1v) is 7.43. The summed E-state index contributed by atoms with van der Waals surface area (Å²) in [5.41, 5.74) is 2.48. The number of rotatable bonds is 3. The second kappa shape index (κ2) is 5.95. The molecule has 1 fully saturated rings. The quantitative estimate of drug-likeness (QED) is 0.469. The average molecular weight is 316 g/mol. The Hall–Kier alpha value is -2.50. The molecule has 120 valence electrons. The van der Waals surface area contributed by atoms with Gasteiger partial charge in [-0.2, -0.15) is 0 Å². The number of esters is 3. The highest BCUT2D eigenvalue weighted by Crippen LogP contribution is 2.37. The third kappa shape index (κ3) is 2.65. The fraction of sp³-hybridized carbons (Fsp3) is 0.412. The zero-order valence-electron chi connectivity index (χ0n) is 12.6. The number of aldehydes is 1. The number of methoxy groups -OCH3 is 1. The van der Waals surface area contributed by atoms with Crippen molar-refractivity contribution in [2.75, 3.05) is 7.11 Å². The Balaban J connectivity index is 1.99. The van der Waals surface area contributed by atoms with Gasteiger partial charge in [0.25, 0.3) is 0 Å². The molecule has 3 unspecified atom stereocenters. The summed E-state index contributed by atoms with van der Waals surface area (Å²) in [6, 6.07) is 5.45. The Morgan fingerprint density at radius 3 is 2.65 bits per heavy atom. The minimum atomic E-state index is -0.626. The SMILES string of the molecule is COC(=O)C1Cc2cccc(C3CC(=O)OC3=O)c2CC1C=O. The summed E-state index contributed by atoms with van der Waals surface area (Å²) in [6.45, 7) is 0. The highest BCUT2D eigenvalue weighted by molar-refractivity contribution is 5.98. The van der Waals surface area contributed by atoms with E-state index < -0.39 is 35.7 Å². The second-order valence-electron chi connectivity index (χ2n) is 5.87. The number of cyclic esters (lactones) is 2. The molecule has 23 heavy (non-hydrogen) atoms. The molecule has 1 saturated heterocycles. The van der Waals surface area contributed by atoms with Crippen LogP contribution in [0.25, 0.3) is 0 Å². The number of fused-ring (bicyclic) bond motifs is 1. The first-order valence-electron chi connectivity index (χ1n) is 7.43. The van der Waals surface area contributed by atoms with E-state index in [0.29, 0.717) is 18.4 Å².